The highest BCUT2D eigenvalue weighted by atomic mass is 19.1. The summed E-state index contributed by atoms with van der Waals surface area (Å²) in [4.78, 5) is 11.5. The van der Waals surface area contributed by atoms with Crippen LogP contribution in [0.5, 0.6) is 0 Å². The number of carbonyl (C=O) groups is 1. The molecule has 1 rings (SSSR count). The monoisotopic (exact) mass is 244 g/mol. The van der Waals surface area contributed by atoms with Crippen LogP contribution in [0.25, 0.3) is 0 Å². The van der Waals surface area contributed by atoms with Crippen LogP contribution in [0, 0.1) is 18.6 Å². The number of methoxy groups -OCH3 is 1. The molecule has 17 heavy (non-hydrogen) atoms. The molecule has 1 atom stereocenters. The molecule has 0 saturated heterocycles. The summed E-state index contributed by atoms with van der Waals surface area (Å²) in [6.07, 6.45) is -0.936. The topological polar surface area (TPSA) is 64.3 Å². The van der Waals surface area contributed by atoms with Crippen molar-refractivity contribution in [2.24, 2.45) is 5.73 Å². The molecule has 3 N–H and O–H groups in total. The van der Waals surface area contributed by atoms with Crippen molar-refractivity contribution in [2.45, 2.75) is 13.0 Å². The predicted octanol–water partition coefficient (Wildman–Crippen LogP) is 1.19. The molecule has 6 heteroatoms. The van der Waals surface area contributed by atoms with Crippen molar-refractivity contribution in [1.82, 2.24) is 0 Å². The van der Waals surface area contributed by atoms with Crippen molar-refractivity contribution >= 4 is 11.6 Å². The molecule has 1 aromatic carbocycles. The Balaban J connectivity index is 2.95. The maximum absolute atomic E-state index is 13.6. The smallest absolute Gasteiger partial charge is 0.254 e. The molecule has 0 heterocycles. The van der Waals surface area contributed by atoms with Gasteiger partial charge in [0.25, 0.3) is 5.91 Å². The number of benzene rings is 1. The Morgan fingerprint density at radius 1 is 1.53 bits per heavy atom. The van der Waals surface area contributed by atoms with Gasteiger partial charge in [0.1, 0.15) is 17.6 Å². The number of ether oxygens (including phenoxy) is 1. The molecule has 4 nitrogen and oxygen atoms in total. The van der Waals surface area contributed by atoms with Gasteiger partial charge < -0.3 is 15.8 Å². The summed E-state index contributed by atoms with van der Waals surface area (Å²) in [7, 11) is 1.29. The van der Waals surface area contributed by atoms with Gasteiger partial charge in [-0.1, -0.05) is 6.07 Å². The highest BCUT2D eigenvalue weighted by molar-refractivity contribution is 5.94. The Hall–Kier alpha value is -1.53. The summed E-state index contributed by atoms with van der Waals surface area (Å²) in [5, 5.41) is 2.13. The van der Waals surface area contributed by atoms with Crippen LogP contribution in [0.15, 0.2) is 12.1 Å². The number of aryl methyl sites for hydroxylation is 1. The van der Waals surface area contributed by atoms with Crippen LogP contribution in [-0.2, 0) is 9.53 Å². The average Bonchev–Trinajstić information content (AvgIpc) is 2.31. The molecule has 0 fully saturated rings. The van der Waals surface area contributed by atoms with Crippen LogP contribution in [0.1, 0.15) is 5.56 Å². The van der Waals surface area contributed by atoms with Crippen molar-refractivity contribution in [2.75, 3.05) is 19.0 Å². The van der Waals surface area contributed by atoms with E-state index in [-0.39, 0.29) is 12.1 Å². The Morgan fingerprint density at radius 2 is 2.18 bits per heavy atom. The van der Waals surface area contributed by atoms with Gasteiger partial charge in [0.2, 0.25) is 0 Å². The number of hydrogen-bond acceptors (Lipinski definition) is 3. The lowest BCUT2D eigenvalue weighted by Gasteiger charge is -2.14. The Morgan fingerprint density at radius 3 is 2.71 bits per heavy atom. The Bertz CT molecular complexity index is 420. The maximum Gasteiger partial charge on any atom is 0.254 e. The van der Waals surface area contributed by atoms with Crippen LogP contribution in [0.2, 0.25) is 0 Å². The second-order valence-electron chi connectivity index (χ2n) is 3.50. The fourth-order valence-corrected chi connectivity index (χ4v) is 1.29. The summed E-state index contributed by atoms with van der Waals surface area (Å²) in [5.74, 6) is -2.32. The van der Waals surface area contributed by atoms with Gasteiger partial charge in [0.05, 0.1) is 0 Å². The summed E-state index contributed by atoms with van der Waals surface area (Å²) in [6.45, 7) is 1.40. The maximum atomic E-state index is 13.6. The third kappa shape index (κ3) is 2.98. The van der Waals surface area contributed by atoms with E-state index in [4.69, 9.17) is 10.5 Å². The number of carbonyl (C=O) groups excluding carboxylic acids is 1. The van der Waals surface area contributed by atoms with Crippen LogP contribution in [0.3, 0.4) is 0 Å². The van der Waals surface area contributed by atoms with Gasteiger partial charge in [0, 0.05) is 13.7 Å². The molecule has 94 valence electrons. The zero-order chi connectivity index (χ0) is 13.0. The summed E-state index contributed by atoms with van der Waals surface area (Å²) < 4.78 is 31.7. The van der Waals surface area contributed by atoms with Crippen LogP contribution < -0.4 is 11.1 Å². The van der Waals surface area contributed by atoms with Crippen LogP contribution >= 0.6 is 0 Å². The third-order valence-electron chi connectivity index (χ3n) is 2.32. The fraction of sp³-hybridized carbons (Fsp3) is 0.364. The highest BCUT2D eigenvalue weighted by Crippen LogP contribution is 2.21. The molecular formula is C11H14F2N2O2. The molecule has 0 aromatic heterocycles. The molecule has 0 aliphatic heterocycles. The van der Waals surface area contributed by atoms with Gasteiger partial charge in [-0.2, -0.15) is 0 Å². The minimum atomic E-state index is -0.936. The largest absolute Gasteiger partial charge is 0.370 e. The first-order valence-corrected chi connectivity index (χ1v) is 4.99. The van der Waals surface area contributed by atoms with E-state index >= 15 is 0 Å². The number of amides is 1. The van der Waals surface area contributed by atoms with E-state index in [1.807, 2.05) is 0 Å². The van der Waals surface area contributed by atoms with Gasteiger partial charge >= 0.3 is 0 Å². The first kappa shape index (κ1) is 13.5. The average molecular weight is 244 g/mol. The number of hydrogen-bond donors (Lipinski definition) is 2. The summed E-state index contributed by atoms with van der Waals surface area (Å²) >= 11 is 0. The number of anilines is 1. The minimum absolute atomic E-state index is 0.0720. The molecule has 1 aromatic rings. The summed E-state index contributed by atoms with van der Waals surface area (Å²) in [5.41, 5.74) is 5.03. The zero-order valence-electron chi connectivity index (χ0n) is 9.59. The van der Waals surface area contributed by atoms with E-state index in [0.29, 0.717) is 0 Å². The fourth-order valence-electron chi connectivity index (χ4n) is 1.29. The lowest BCUT2D eigenvalue weighted by atomic mass is 10.2. The number of halogens is 2. The molecule has 0 aliphatic rings. The second kappa shape index (κ2) is 5.70. The molecular weight excluding hydrogens is 230 g/mol. The van der Waals surface area contributed by atoms with Crippen molar-refractivity contribution in [3.8, 4) is 0 Å². The Labute approximate surface area is 97.8 Å². The van der Waals surface area contributed by atoms with Gasteiger partial charge in [-0.15, -0.1) is 0 Å². The molecule has 0 spiro atoms. The van der Waals surface area contributed by atoms with Crippen LogP contribution in [0.4, 0.5) is 14.5 Å². The van der Waals surface area contributed by atoms with Gasteiger partial charge in [0.15, 0.2) is 5.82 Å². The lowest BCUT2D eigenvalue weighted by molar-refractivity contribution is -0.125. The lowest BCUT2D eigenvalue weighted by Crippen LogP contribution is -2.36. The summed E-state index contributed by atoms with van der Waals surface area (Å²) in [6, 6.07) is 2.37. The van der Waals surface area contributed by atoms with Crippen molar-refractivity contribution in [1.29, 1.82) is 0 Å². The van der Waals surface area contributed by atoms with E-state index in [1.54, 1.807) is 0 Å². The highest BCUT2D eigenvalue weighted by Gasteiger charge is 2.20. The Kier molecular flexibility index (Phi) is 4.53. The van der Waals surface area contributed by atoms with Crippen molar-refractivity contribution < 1.29 is 18.3 Å². The van der Waals surface area contributed by atoms with Crippen molar-refractivity contribution in [3.63, 3.8) is 0 Å². The minimum Gasteiger partial charge on any atom is -0.370 e. The van der Waals surface area contributed by atoms with E-state index < -0.39 is 29.3 Å². The van der Waals surface area contributed by atoms with E-state index in [0.717, 1.165) is 6.07 Å². The van der Waals surface area contributed by atoms with Gasteiger partial charge in [-0.3, -0.25) is 4.79 Å². The molecule has 0 bridgehead atoms. The molecule has 1 amide bonds. The SMILES string of the molecule is COC(CN)C(=O)Nc1c(F)ccc(C)c1F. The number of nitrogens with two attached hydrogens (primary N) is 1. The molecule has 0 radical (unpaired) electrons. The first-order valence-electron chi connectivity index (χ1n) is 4.99. The van der Waals surface area contributed by atoms with Crippen LogP contribution in [-0.4, -0.2) is 25.7 Å². The molecule has 0 saturated carbocycles. The predicted molar refractivity (Wildman–Crippen MR) is 59.6 cm³/mol. The third-order valence-corrected chi connectivity index (χ3v) is 2.32. The molecule has 0 aliphatic carbocycles. The number of rotatable bonds is 4. The number of nitrogens with one attached hydrogen (secondary N) is 1. The van der Waals surface area contributed by atoms with Crippen molar-refractivity contribution in [3.05, 3.63) is 29.3 Å². The standard InChI is InChI=1S/C11H14F2N2O2/c1-6-3-4-7(12)10(9(6)13)15-11(16)8(5-14)17-2/h3-4,8H,5,14H2,1-2H3,(H,15,16). The van der Waals surface area contributed by atoms with E-state index in [2.05, 4.69) is 5.32 Å². The first-order chi connectivity index (χ1) is 8.01. The second-order valence-corrected chi connectivity index (χ2v) is 3.50. The van der Waals surface area contributed by atoms with E-state index in [1.165, 1.54) is 20.1 Å². The van der Waals surface area contributed by atoms with E-state index in [9.17, 15) is 13.6 Å². The normalized spacial score (nSPS) is 12.3. The quantitative estimate of drug-likeness (QED) is 0.836. The molecule has 1 unspecified atom stereocenters. The zero-order valence-corrected chi connectivity index (χ0v) is 9.59. The van der Waals surface area contributed by atoms with Gasteiger partial charge in [-0.25, -0.2) is 8.78 Å². The van der Waals surface area contributed by atoms with Gasteiger partial charge in [-0.05, 0) is 18.6 Å².